The van der Waals surface area contributed by atoms with Gasteiger partial charge in [0.15, 0.2) is 0 Å². The van der Waals surface area contributed by atoms with Gasteiger partial charge < -0.3 is 10.6 Å². The third-order valence-corrected chi connectivity index (χ3v) is 6.22. The average molecular weight is 408 g/mol. The highest BCUT2D eigenvalue weighted by atomic mass is 32.2. The molecule has 3 aromatic rings. The van der Waals surface area contributed by atoms with E-state index in [1.165, 1.54) is 16.8 Å². The van der Waals surface area contributed by atoms with Crippen molar-refractivity contribution >= 4 is 29.3 Å². The minimum atomic E-state index is -0.343. The Morgan fingerprint density at radius 3 is 2.62 bits per heavy atom. The molecule has 0 bridgehead atoms. The first-order chi connectivity index (χ1) is 14.0. The van der Waals surface area contributed by atoms with Crippen LogP contribution < -0.4 is 10.6 Å². The predicted octanol–water partition coefficient (Wildman–Crippen LogP) is 4.28. The molecular weight excluding hydrogens is 382 g/mol. The summed E-state index contributed by atoms with van der Waals surface area (Å²) in [5, 5.41) is 10.9. The first-order valence-corrected chi connectivity index (χ1v) is 10.9. The molecule has 0 aliphatic carbocycles. The molecule has 0 saturated heterocycles. The molecule has 1 aromatic heterocycles. The Kier molecular flexibility index (Phi) is 5.32. The number of rotatable bonds is 4. The van der Waals surface area contributed by atoms with Gasteiger partial charge in [-0.25, -0.2) is 4.68 Å². The van der Waals surface area contributed by atoms with E-state index in [-0.39, 0.29) is 23.9 Å². The van der Waals surface area contributed by atoms with Crippen LogP contribution in [0.15, 0.2) is 53.7 Å². The van der Waals surface area contributed by atoms with Crippen LogP contribution in [0.4, 0.5) is 11.6 Å². The molecule has 0 radical (unpaired) electrons. The smallest absolute Gasteiger partial charge is 0.232 e. The molecule has 1 aliphatic heterocycles. The van der Waals surface area contributed by atoms with Gasteiger partial charge in [0.05, 0.1) is 12.0 Å². The van der Waals surface area contributed by atoms with Gasteiger partial charge in [-0.3, -0.25) is 4.79 Å². The first-order valence-electron chi connectivity index (χ1n) is 9.66. The summed E-state index contributed by atoms with van der Waals surface area (Å²) >= 11 is 1.70. The van der Waals surface area contributed by atoms with Crippen molar-refractivity contribution in [2.45, 2.75) is 37.8 Å². The molecular formula is C22H25N5OS. The second kappa shape index (κ2) is 7.91. The van der Waals surface area contributed by atoms with Crippen molar-refractivity contribution in [2.75, 3.05) is 16.9 Å². The molecule has 150 valence electrons. The van der Waals surface area contributed by atoms with Crippen molar-refractivity contribution in [1.82, 2.24) is 14.8 Å². The highest BCUT2D eigenvalue weighted by Crippen LogP contribution is 2.37. The molecule has 4 rings (SSSR count). The maximum Gasteiger partial charge on any atom is 0.232 e. The number of hydrogen-bond acceptors (Lipinski definition) is 5. The Bertz CT molecular complexity index is 1030. The van der Waals surface area contributed by atoms with Gasteiger partial charge in [-0.2, -0.15) is 10.1 Å². The van der Waals surface area contributed by atoms with Gasteiger partial charge >= 0.3 is 0 Å². The predicted molar refractivity (Wildman–Crippen MR) is 118 cm³/mol. The molecule has 2 heterocycles. The Hall–Kier alpha value is -2.80. The van der Waals surface area contributed by atoms with Crippen molar-refractivity contribution in [3.05, 3.63) is 65.5 Å². The molecule has 29 heavy (non-hydrogen) atoms. The summed E-state index contributed by atoms with van der Waals surface area (Å²) in [5.41, 5.74) is 4.11. The number of nitrogens with zero attached hydrogens (tertiary/aromatic N) is 3. The topological polar surface area (TPSA) is 71.8 Å². The molecule has 0 spiro atoms. The lowest BCUT2D eigenvalue weighted by molar-refractivity contribution is -0.121. The molecule has 0 saturated carbocycles. The summed E-state index contributed by atoms with van der Waals surface area (Å²) in [6, 6.07) is 14.1. The second-order valence-electron chi connectivity index (χ2n) is 7.51. The van der Waals surface area contributed by atoms with Crippen LogP contribution in [0.5, 0.6) is 0 Å². The lowest BCUT2D eigenvalue weighted by Gasteiger charge is -2.37. The quantitative estimate of drug-likeness (QED) is 0.632. The largest absolute Gasteiger partial charge is 0.351 e. The van der Waals surface area contributed by atoms with Crippen molar-refractivity contribution < 1.29 is 4.79 Å². The van der Waals surface area contributed by atoms with Crippen molar-refractivity contribution in [3.8, 4) is 0 Å². The van der Waals surface area contributed by atoms with E-state index in [1.54, 1.807) is 11.8 Å². The van der Waals surface area contributed by atoms with Crippen LogP contribution in [0.2, 0.25) is 0 Å². The molecule has 2 aromatic carbocycles. The molecule has 2 N–H and O–H groups in total. The fraction of sp³-hybridized carbons (Fsp3) is 0.318. The monoisotopic (exact) mass is 407 g/mol. The maximum absolute atomic E-state index is 13.4. The van der Waals surface area contributed by atoms with Crippen LogP contribution in [0.3, 0.4) is 0 Å². The minimum absolute atomic E-state index is 0.0305. The number of amides is 1. The third-order valence-electron chi connectivity index (χ3n) is 5.47. The molecule has 1 aliphatic rings. The highest BCUT2D eigenvalue weighted by Gasteiger charge is 2.41. The van der Waals surface area contributed by atoms with Crippen LogP contribution in [0.1, 0.15) is 29.7 Å². The van der Waals surface area contributed by atoms with Gasteiger partial charge in [0.1, 0.15) is 6.33 Å². The average Bonchev–Trinajstić information content (AvgIpc) is 3.17. The summed E-state index contributed by atoms with van der Waals surface area (Å²) in [6.45, 7) is 6.08. The maximum atomic E-state index is 13.4. The van der Waals surface area contributed by atoms with Crippen LogP contribution in [0, 0.1) is 19.8 Å². The summed E-state index contributed by atoms with van der Waals surface area (Å²) in [5.74, 6) is 0.314. The SMILES string of the molecule is CSc1ccc([C@@H]2[C@H](C(=O)Nc3ccc(C)cc3C)[C@H](C)Nc3ncnn32)cc1. The Labute approximate surface area is 175 Å². The number of benzene rings is 2. The lowest BCUT2D eigenvalue weighted by atomic mass is 9.85. The summed E-state index contributed by atoms with van der Waals surface area (Å²) in [7, 11) is 0. The van der Waals surface area contributed by atoms with E-state index in [1.807, 2.05) is 37.6 Å². The molecule has 0 unspecified atom stereocenters. The third kappa shape index (κ3) is 3.74. The number of carbonyl (C=O) groups excluding carboxylic acids is 1. The van der Waals surface area contributed by atoms with E-state index in [4.69, 9.17) is 0 Å². The van der Waals surface area contributed by atoms with E-state index in [0.29, 0.717) is 5.95 Å². The van der Waals surface area contributed by atoms with Gasteiger partial charge in [0, 0.05) is 16.6 Å². The van der Waals surface area contributed by atoms with Crippen molar-refractivity contribution in [3.63, 3.8) is 0 Å². The number of anilines is 2. The van der Waals surface area contributed by atoms with E-state index >= 15 is 0 Å². The zero-order valence-corrected chi connectivity index (χ0v) is 17.8. The zero-order valence-electron chi connectivity index (χ0n) is 17.0. The van der Waals surface area contributed by atoms with E-state index in [2.05, 4.69) is 57.3 Å². The van der Waals surface area contributed by atoms with Gasteiger partial charge in [0.2, 0.25) is 11.9 Å². The van der Waals surface area contributed by atoms with Gasteiger partial charge in [-0.15, -0.1) is 11.8 Å². The Morgan fingerprint density at radius 1 is 1.17 bits per heavy atom. The van der Waals surface area contributed by atoms with Gasteiger partial charge in [0.25, 0.3) is 0 Å². The van der Waals surface area contributed by atoms with E-state index in [9.17, 15) is 4.79 Å². The fourth-order valence-electron chi connectivity index (χ4n) is 3.97. The van der Waals surface area contributed by atoms with Gasteiger partial charge in [-0.05, 0) is 56.4 Å². The van der Waals surface area contributed by atoms with Crippen molar-refractivity contribution in [1.29, 1.82) is 0 Å². The molecule has 1 amide bonds. The Morgan fingerprint density at radius 2 is 1.93 bits per heavy atom. The van der Waals surface area contributed by atoms with Crippen LogP contribution in [-0.4, -0.2) is 33.0 Å². The fourth-order valence-corrected chi connectivity index (χ4v) is 4.37. The normalized spacial score (nSPS) is 20.6. The number of aryl methyl sites for hydroxylation is 2. The van der Waals surface area contributed by atoms with Crippen molar-refractivity contribution in [2.24, 2.45) is 5.92 Å². The van der Waals surface area contributed by atoms with Gasteiger partial charge in [-0.1, -0.05) is 29.8 Å². The summed E-state index contributed by atoms with van der Waals surface area (Å²) < 4.78 is 1.82. The number of aromatic nitrogens is 3. The standard InChI is InChI=1S/C22H25N5OS/c1-13-5-10-18(14(2)11-13)26-21(28)19-15(3)25-22-23-12-24-27(22)20(19)16-6-8-17(29-4)9-7-16/h5-12,15,19-20H,1-4H3,(H,26,28)(H,23,24,25)/t15-,19+,20+/m0/s1. The molecule has 6 nitrogen and oxygen atoms in total. The van der Waals surface area contributed by atoms with Crippen LogP contribution in [0.25, 0.3) is 0 Å². The minimum Gasteiger partial charge on any atom is -0.351 e. The highest BCUT2D eigenvalue weighted by molar-refractivity contribution is 7.98. The number of thioether (sulfide) groups is 1. The van der Waals surface area contributed by atoms with Crippen LogP contribution >= 0.6 is 11.8 Å². The summed E-state index contributed by atoms with van der Waals surface area (Å²) in [6.07, 6.45) is 3.58. The molecule has 7 heteroatoms. The van der Waals surface area contributed by atoms with Crippen LogP contribution in [-0.2, 0) is 4.79 Å². The number of fused-ring (bicyclic) bond motifs is 1. The second-order valence-corrected chi connectivity index (χ2v) is 8.39. The zero-order chi connectivity index (χ0) is 20.5. The van der Waals surface area contributed by atoms with E-state index in [0.717, 1.165) is 16.8 Å². The summed E-state index contributed by atoms with van der Waals surface area (Å²) in [4.78, 5) is 18.9. The first kappa shape index (κ1) is 19.5. The molecule has 3 atom stereocenters. The Balaban J connectivity index is 1.71. The lowest BCUT2D eigenvalue weighted by Crippen LogP contribution is -2.46. The number of nitrogens with one attached hydrogen (secondary N) is 2. The molecule has 0 fully saturated rings. The number of hydrogen-bond donors (Lipinski definition) is 2. The van der Waals surface area contributed by atoms with E-state index < -0.39 is 0 Å². The number of carbonyl (C=O) groups is 1.